The third kappa shape index (κ3) is 4.61. The maximum absolute atomic E-state index is 5.12. The van der Waals surface area contributed by atoms with Crippen molar-refractivity contribution in [3.8, 4) is 0 Å². The number of rotatable bonds is 4. The van der Waals surface area contributed by atoms with Gasteiger partial charge >= 0.3 is 0 Å². The predicted molar refractivity (Wildman–Crippen MR) is 65.4 cm³/mol. The molecule has 0 bridgehead atoms. The van der Waals surface area contributed by atoms with Gasteiger partial charge in [-0.25, -0.2) is 0 Å². The first-order valence-corrected chi connectivity index (χ1v) is 5.86. The van der Waals surface area contributed by atoms with E-state index in [0.29, 0.717) is 0 Å². The smallest absolute Gasteiger partial charge is 0.166 e. The van der Waals surface area contributed by atoms with Gasteiger partial charge in [-0.2, -0.15) is 0 Å². The first-order chi connectivity index (χ1) is 6.83. The average molecular weight is 212 g/mol. The maximum atomic E-state index is 5.12. The topological polar surface area (TPSA) is 24.1 Å². The van der Waals surface area contributed by atoms with Crippen LogP contribution in [0, 0.1) is 5.92 Å². The molecule has 0 aromatic rings. The molecule has 80 valence electrons. The van der Waals surface area contributed by atoms with Crippen LogP contribution in [0.1, 0.15) is 32.1 Å². The van der Waals surface area contributed by atoms with E-state index in [9.17, 15) is 0 Å². The number of thiocarbonyl (C=S) groups is 1. The van der Waals surface area contributed by atoms with Crippen LogP contribution in [-0.2, 0) is 0 Å². The maximum Gasteiger partial charge on any atom is 0.166 e. The highest BCUT2D eigenvalue weighted by atomic mass is 32.1. The molecule has 1 rings (SSSR count). The summed E-state index contributed by atoms with van der Waals surface area (Å²) in [7, 11) is 0. The van der Waals surface area contributed by atoms with Crippen molar-refractivity contribution in [3.63, 3.8) is 0 Å². The molecule has 2 nitrogen and oxygen atoms in total. The fraction of sp³-hybridized carbons (Fsp3) is 0.727. The van der Waals surface area contributed by atoms with Crippen LogP contribution in [0.25, 0.3) is 0 Å². The van der Waals surface area contributed by atoms with Crippen LogP contribution >= 0.6 is 12.2 Å². The van der Waals surface area contributed by atoms with E-state index in [2.05, 4.69) is 17.2 Å². The van der Waals surface area contributed by atoms with E-state index in [4.69, 9.17) is 12.2 Å². The van der Waals surface area contributed by atoms with E-state index in [1.54, 1.807) is 0 Å². The standard InChI is InChI=1S/C11H20N2S/c1-2-8-12-11(14)13-9-10-6-4-3-5-7-10/h2,10H,1,3-9H2,(H2,12,13,14). The Morgan fingerprint density at radius 2 is 2.00 bits per heavy atom. The van der Waals surface area contributed by atoms with Crippen molar-refractivity contribution in [2.75, 3.05) is 13.1 Å². The zero-order valence-electron chi connectivity index (χ0n) is 8.72. The van der Waals surface area contributed by atoms with Gasteiger partial charge in [-0.3, -0.25) is 0 Å². The van der Waals surface area contributed by atoms with Gasteiger partial charge in [0.2, 0.25) is 0 Å². The highest BCUT2D eigenvalue weighted by Crippen LogP contribution is 2.22. The summed E-state index contributed by atoms with van der Waals surface area (Å²) in [4.78, 5) is 0. The molecule has 0 unspecified atom stereocenters. The first-order valence-electron chi connectivity index (χ1n) is 5.45. The van der Waals surface area contributed by atoms with Gasteiger partial charge in [-0.1, -0.05) is 25.3 Å². The molecule has 0 aromatic heterocycles. The molecule has 1 saturated carbocycles. The van der Waals surface area contributed by atoms with Crippen LogP contribution in [0.3, 0.4) is 0 Å². The minimum Gasteiger partial charge on any atom is -0.362 e. The molecule has 0 amide bonds. The van der Waals surface area contributed by atoms with Gasteiger partial charge in [0.1, 0.15) is 0 Å². The van der Waals surface area contributed by atoms with Crippen LogP contribution in [-0.4, -0.2) is 18.2 Å². The monoisotopic (exact) mass is 212 g/mol. The number of hydrogen-bond donors (Lipinski definition) is 2. The fourth-order valence-corrected chi connectivity index (χ4v) is 2.02. The number of nitrogens with one attached hydrogen (secondary N) is 2. The molecular weight excluding hydrogens is 192 g/mol. The summed E-state index contributed by atoms with van der Waals surface area (Å²) >= 11 is 5.12. The Balaban J connectivity index is 2.06. The molecule has 1 aliphatic carbocycles. The van der Waals surface area contributed by atoms with Crippen LogP contribution in [0.4, 0.5) is 0 Å². The molecule has 14 heavy (non-hydrogen) atoms. The second-order valence-electron chi connectivity index (χ2n) is 3.88. The lowest BCUT2D eigenvalue weighted by Crippen LogP contribution is -2.38. The van der Waals surface area contributed by atoms with Crippen LogP contribution in [0.2, 0.25) is 0 Å². The Labute approximate surface area is 92.2 Å². The second-order valence-corrected chi connectivity index (χ2v) is 4.29. The van der Waals surface area contributed by atoms with Crippen molar-refractivity contribution in [3.05, 3.63) is 12.7 Å². The van der Waals surface area contributed by atoms with Crippen molar-refractivity contribution >= 4 is 17.3 Å². The van der Waals surface area contributed by atoms with E-state index in [1.807, 2.05) is 6.08 Å². The molecule has 0 spiro atoms. The van der Waals surface area contributed by atoms with E-state index < -0.39 is 0 Å². The Morgan fingerprint density at radius 1 is 1.29 bits per heavy atom. The van der Waals surface area contributed by atoms with E-state index in [1.165, 1.54) is 32.1 Å². The number of hydrogen-bond acceptors (Lipinski definition) is 1. The van der Waals surface area contributed by atoms with Crippen molar-refractivity contribution in [1.29, 1.82) is 0 Å². The predicted octanol–water partition coefficient (Wildman–Crippen LogP) is 2.22. The molecule has 0 aromatic carbocycles. The largest absolute Gasteiger partial charge is 0.362 e. The molecule has 3 heteroatoms. The summed E-state index contributed by atoms with van der Waals surface area (Å²) in [5.74, 6) is 0.826. The molecule has 0 saturated heterocycles. The van der Waals surface area contributed by atoms with Gasteiger partial charge in [0.25, 0.3) is 0 Å². The Morgan fingerprint density at radius 3 is 2.64 bits per heavy atom. The van der Waals surface area contributed by atoms with Crippen LogP contribution in [0.15, 0.2) is 12.7 Å². The van der Waals surface area contributed by atoms with Crippen molar-refractivity contribution < 1.29 is 0 Å². The third-order valence-electron chi connectivity index (χ3n) is 2.68. The second kappa shape index (κ2) is 6.82. The van der Waals surface area contributed by atoms with Crippen molar-refractivity contribution in [2.24, 2.45) is 5.92 Å². The third-order valence-corrected chi connectivity index (χ3v) is 2.97. The Kier molecular flexibility index (Phi) is 5.60. The SMILES string of the molecule is C=CCNC(=S)NCC1CCCCC1. The fourth-order valence-electron chi connectivity index (χ4n) is 1.86. The molecule has 0 aliphatic heterocycles. The minimum atomic E-state index is 0.747. The van der Waals surface area contributed by atoms with Crippen molar-refractivity contribution in [2.45, 2.75) is 32.1 Å². The van der Waals surface area contributed by atoms with Gasteiger partial charge in [-0.15, -0.1) is 6.58 Å². The van der Waals surface area contributed by atoms with E-state index >= 15 is 0 Å². The van der Waals surface area contributed by atoms with Gasteiger partial charge in [0.05, 0.1) is 0 Å². The molecule has 2 N–H and O–H groups in total. The lowest BCUT2D eigenvalue weighted by atomic mass is 9.89. The van der Waals surface area contributed by atoms with E-state index in [-0.39, 0.29) is 0 Å². The van der Waals surface area contributed by atoms with Gasteiger partial charge < -0.3 is 10.6 Å². The summed E-state index contributed by atoms with van der Waals surface area (Å²) in [6.07, 6.45) is 8.72. The lowest BCUT2D eigenvalue weighted by molar-refractivity contribution is 0.356. The zero-order chi connectivity index (χ0) is 10.2. The van der Waals surface area contributed by atoms with E-state index in [0.717, 1.165) is 24.1 Å². The summed E-state index contributed by atoms with van der Waals surface area (Å²) in [6, 6.07) is 0. The normalized spacial score (nSPS) is 17.4. The average Bonchev–Trinajstić information content (AvgIpc) is 2.25. The first kappa shape index (κ1) is 11.5. The molecule has 1 aliphatic rings. The summed E-state index contributed by atoms with van der Waals surface area (Å²) in [6.45, 7) is 5.41. The minimum absolute atomic E-state index is 0.747. The van der Waals surface area contributed by atoms with Crippen LogP contribution in [0.5, 0.6) is 0 Å². The zero-order valence-corrected chi connectivity index (χ0v) is 9.54. The molecule has 0 heterocycles. The Bertz CT molecular complexity index is 186. The molecule has 1 fully saturated rings. The summed E-state index contributed by atoms with van der Waals surface area (Å²) in [5, 5.41) is 7.09. The highest BCUT2D eigenvalue weighted by Gasteiger charge is 2.12. The summed E-state index contributed by atoms with van der Waals surface area (Å²) < 4.78 is 0. The van der Waals surface area contributed by atoms with Gasteiger partial charge in [0.15, 0.2) is 5.11 Å². The van der Waals surface area contributed by atoms with Gasteiger partial charge in [0, 0.05) is 13.1 Å². The molecular formula is C11H20N2S. The molecule has 0 atom stereocenters. The van der Waals surface area contributed by atoms with Gasteiger partial charge in [-0.05, 0) is 31.0 Å². The Hall–Kier alpha value is -0.570. The highest BCUT2D eigenvalue weighted by molar-refractivity contribution is 7.80. The van der Waals surface area contributed by atoms with Crippen molar-refractivity contribution in [1.82, 2.24) is 10.6 Å². The quantitative estimate of drug-likeness (QED) is 0.552. The molecule has 0 radical (unpaired) electrons. The summed E-state index contributed by atoms with van der Waals surface area (Å²) in [5.41, 5.74) is 0. The lowest BCUT2D eigenvalue weighted by Gasteiger charge is -2.22. The van der Waals surface area contributed by atoms with Crippen LogP contribution < -0.4 is 10.6 Å².